The minimum Gasteiger partial charge on any atom is -0.287 e. The minimum absolute atomic E-state index is 0.121. The van der Waals surface area contributed by atoms with E-state index >= 15 is 0 Å². The van der Waals surface area contributed by atoms with Gasteiger partial charge in [0.2, 0.25) is 0 Å². The molecule has 1 aromatic carbocycles. The Labute approximate surface area is 81.1 Å². The van der Waals surface area contributed by atoms with Crippen LogP contribution in [0.25, 0.3) is 0 Å². The van der Waals surface area contributed by atoms with Crippen molar-refractivity contribution in [2.24, 2.45) is 0 Å². The van der Waals surface area contributed by atoms with Gasteiger partial charge in [-0.05, 0) is 12.1 Å². The Hall–Kier alpha value is -0.470. The van der Waals surface area contributed by atoms with Crippen molar-refractivity contribution in [2.75, 3.05) is 5.88 Å². The second kappa shape index (κ2) is 5.22. The standard InChI is InChI=1S/C9H9ClOS/c10-7-6-9(11)12-8-4-2-1-3-5-8/h1-5H,6-7H2. The van der Waals surface area contributed by atoms with E-state index in [9.17, 15) is 4.79 Å². The largest absolute Gasteiger partial charge is 0.287 e. The van der Waals surface area contributed by atoms with E-state index in [4.69, 9.17) is 11.6 Å². The summed E-state index contributed by atoms with van der Waals surface area (Å²) in [6.07, 6.45) is 0.432. The van der Waals surface area contributed by atoms with E-state index < -0.39 is 0 Å². The summed E-state index contributed by atoms with van der Waals surface area (Å²) in [4.78, 5) is 12.1. The molecule has 0 radical (unpaired) electrons. The van der Waals surface area contributed by atoms with Crippen molar-refractivity contribution in [3.63, 3.8) is 0 Å². The van der Waals surface area contributed by atoms with Crippen LogP contribution in [-0.4, -0.2) is 11.0 Å². The fraction of sp³-hybridized carbons (Fsp3) is 0.222. The van der Waals surface area contributed by atoms with Gasteiger partial charge in [0, 0.05) is 17.2 Å². The average Bonchev–Trinajstić information content (AvgIpc) is 2.06. The quantitative estimate of drug-likeness (QED) is 0.551. The highest BCUT2D eigenvalue weighted by Crippen LogP contribution is 2.19. The second-order valence-electron chi connectivity index (χ2n) is 2.23. The van der Waals surface area contributed by atoms with Crippen molar-refractivity contribution in [3.05, 3.63) is 30.3 Å². The molecule has 0 saturated carbocycles. The maximum absolute atomic E-state index is 11.1. The monoisotopic (exact) mass is 200 g/mol. The molecule has 0 fully saturated rings. The van der Waals surface area contributed by atoms with E-state index in [-0.39, 0.29) is 5.12 Å². The highest BCUT2D eigenvalue weighted by molar-refractivity contribution is 8.13. The molecular formula is C9H9ClOS. The molecule has 0 aliphatic rings. The van der Waals surface area contributed by atoms with Gasteiger partial charge in [0.05, 0.1) is 0 Å². The normalized spacial score (nSPS) is 9.75. The number of carbonyl (C=O) groups excluding carboxylic acids is 1. The van der Waals surface area contributed by atoms with Gasteiger partial charge in [0.15, 0.2) is 5.12 Å². The van der Waals surface area contributed by atoms with Crippen LogP contribution >= 0.6 is 23.4 Å². The Kier molecular flexibility index (Phi) is 4.19. The molecule has 1 rings (SSSR count). The molecule has 0 N–H and O–H groups in total. The third-order valence-corrected chi connectivity index (χ3v) is 2.40. The summed E-state index contributed by atoms with van der Waals surface area (Å²) in [5.41, 5.74) is 0. The minimum atomic E-state index is 0.121. The number of rotatable bonds is 3. The number of thioether (sulfide) groups is 1. The van der Waals surface area contributed by atoms with Gasteiger partial charge in [0.1, 0.15) is 0 Å². The van der Waals surface area contributed by atoms with Crippen LogP contribution in [0.15, 0.2) is 35.2 Å². The van der Waals surface area contributed by atoms with Crippen LogP contribution in [-0.2, 0) is 4.79 Å². The number of alkyl halides is 1. The molecule has 0 aromatic heterocycles. The van der Waals surface area contributed by atoms with Crippen LogP contribution in [0.3, 0.4) is 0 Å². The van der Waals surface area contributed by atoms with Gasteiger partial charge in [-0.2, -0.15) is 0 Å². The van der Waals surface area contributed by atoms with E-state index in [1.54, 1.807) is 0 Å². The average molecular weight is 201 g/mol. The summed E-state index contributed by atoms with van der Waals surface area (Å²) in [5.74, 6) is 0.401. The molecule has 0 unspecified atom stereocenters. The molecule has 0 aliphatic heterocycles. The summed E-state index contributed by atoms with van der Waals surface area (Å²) in [6, 6.07) is 9.58. The van der Waals surface area contributed by atoms with E-state index in [1.165, 1.54) is 11.8 Å². The summed E-state index contributed by atoms with van der Waals surface area (Å²) >= 11 is 6.67. The Morgan fingerprint density at radius 3 is 2.58 bits per heavy atom. The summed E-state index contributed by atoms with van der Waals surface area (Å²) in [7, 11) is 0. The molecule has 0 saturated heterocycles. The lowest BCUT2D eigenvalue weighted by Gasteiger charge is -1.96. The third kappa shape index (κ3) is 3.28. The molecule has 0 spiro atoms. The van der Waals surface area contributed by atoms with Gasteiger partial charge >= 0.3 is 0 Å². The predicted molar refractivity (Wildman–Crippen MR) is 52.6 cm³/mol. The van der Waals surface area contributed by atoms with Gasteiger partial charge < -0.3 is 0 Å². The first kappa shape index (κ1) is 9.62. The molecule has 1 aromatic rings. The van der Waals surface area contributed by atoms with E-state index in [0.29, 0.717) is 12.3 Å². The van der Waals surface area contributed by atoms with Crippen LogP contribution in [0.1, 0.15) is 6.42 Å². The van der Waals surface area contributed by atoms with Crippen molar-refractivity contribution >= 4 is 28.5 Å². The lowest BCUT2D eigenvalue weighted by Crippen LogP contribution is -1.91. The predicted octanol–water partition coefficient (Wildman–Crippen LogP) is 2.93. The van der Waals surface area contributed by atoms with Crippen LogP contribution < -0.4 is 0 Å². The van der Waals surface area contributed by atoms with Crippen molar-refractivity contribution in [1.29, 1.82) is 0 Å². The Bertz CT molecular complexity index is 248. The van der Waals surface area contributed by atoms with Gasteiger partial charge in [-0.1, -0.05) is 30.0 Å². The first-order valence-electron chi connectivity index (χ1n) is 3.64. The molecule has 0 aliphatic carbocycles. The lowest BCUT2D eigenvalue weighted by atomic mass is 10.4. The van der Waals surface area contributed by atoms with Crippen LogP contribution in [0, 0.1) is 0 Å². The van der Waals surface area contributed by atoms with Crippen molar-refractivity contribution < 1.29 is 4.79 Å². The number of carbonyl (C=O) groups is 1. The molecule has 64 valence electrons. The highest BCUT2D eigenvalue weighted by Gasteiger charge is 2.01. The topological polar surface area (TPSA) is 17.1 Å². The van der Waals surface area contributed by atoms with Crippen LogP contribution in [0.5, 0.6) is 0 Å². The molecule has 1 nitrogen and oxygen atoms in total. The number of hydrogen-bond acceptors (Lipinski definition) is 2. The van der Waals surface area contributed by atoms with E-state index in [0.717, 1.165) is 4.90 Å². The highest BCUT2D eigenvalue weighted by atomic mass is 35.5. The number of benzene rings is 1. The third-order valence-electron chi connectivity index (χ3n) is 1.27. The summed E-state index contributed by atoms with van der Waals surface area (Å²) in [5, 5.41) is 0.121. The molecule has 0 heterocycles. The Morgan fingerprint density at radius 1 is 1.33 bits per heavy atom. The number of halogens is 1. The molecular weight excluding hydrogens is 192 g/mol. The molecule has 12 heavy (non-hydrogen) atoms. The zero-order valence-corrected chi connectivity index (χ0v) is 8.07. The molecule has 3 heteroatoms. The fourth-order valence-electron chi connectivity index (χ4n) is 0.748. The number of hydrogen-bond donors (Lipinski definition) is 0. The first-order chi connectivity index (χ1) is 5.83. The molecule has 0 bridgehead atoms. The van der Waals surface area contributed by atoms with E-state index in [2.05, 4.69) is 0 Å². The maximum Gasteiger partial charge on any atom is 0.194 e. The van der Waals surface area contributed by atoms with Gasteiger partial charge in [0.25, 0.3) is 0 Å². The lowest BCUT2D eigenvalue weighted by molar-refractivity contribution is -0.110. The molecule has 0 amide bonds. The Balaban J connectivity index is 2.47. The van der Waals surface area contributed by atoms with Crippen LogP contribution in [0.4, 0.5) is 0 Å². The fourth-order valence-corrected chi connectivity index (χ4v) is 1.79. The zero-order chi connectivity index (χ0) is 8.81. The first-order valence-corrected chi connectivity index (χ1v) is 4.99. The van der Waals surface area contributed by atoms with Gasteiger partial charge in [-0.25, -0.2) is 0 Å². The van der Waals surface area contributed by atoms with Crippen molar-refractivity contribution in [1.82, 2.24) is 0 Å². The van der Waals surface area contributed by atoms with E-state index in [1.807, 2.05) is 30.3 Å². The summed E-state index contributed by atoms with van der Waals surface area (Å²) < 4.78 is 0. The zero-order valence-electron chi connectivity index (χ0n) is 6.50. The van der Waals surface area contributed by atoms with Crippen molar-refractivity contribution in [3.8, 4) is 0 Å². The SMILES string of the molecule is O=C(CCCl)Sc1ccccc1. The van der Waals surface area contributed by atoms with Crippen molar-refractivity contribution in [2.45, 2.75) is 11.3 Å². The maximum atomic E-state index is 11.1. The Morgan fingerprint density at radius 2 is 2.00 bits per heavy atom. The van der Waals surface area contributed by atoms with Gasteiger partial charge in [-0.15, -0.1) is 11.6 Å². The van der Waals surface area contributed by atoms with Gasteiger partial charge in [-0.3, -0.25) is 4.79 Å². The molecule has 0 atom stereocenters. The second-order valence-corrected chi connectivity index (χ2v) is 3.73. The smallest absolute Gasteiger partial charge is 0.194 e. The van der Waals surface area contributed by atoms with Crippen LogP contribution in [0.2, 0.25) is 0 Å². The summed E-state index contributed by atoms with van der Waals surface area (Å²) in [6.45, 7) is 0.